The third-order valence-corrected chi connectivity index (χ3v) is 7.39. The van der Waals surface area contributed by atoms with Crippen molar-refractivity contribution in [1.29, 1.82) is 0 Å². The first-order chi connectivity index (χ1) is 15.0. The molecule has 1 amide bonds. The molecule has 7 nitrogen and oxygen atoms in total. The SMILES string of the molecule is O=C(NCc1ccccc1Cn1cccn1)c1ccc(NS(=O)(=O)c2cccs2)cc1. The summed E-state index contributed by atoms with van der Waals surface area (Å²) in [5.41, 5.74) is 2.93. The summed E-state index contributed by atoms with van der Waals surface area (Å²) in [5, 5.41) is 8.85. The molecule has 2 heterocycles. The fraction of sp³-hybridized carbons (Fsp3) is 0.0909. The molecule has 4 rings (SSSR count). The Morgan fingerprint density at radius 2 is 1.74 bits per heavy atom. The molecule has 0 radical (unpaired) electrons. The van der Waals surface area contributed by atoms with E-state index >= 15 is 0 Å². The lowest BCUT2D eigenvalue weighted by Gasteiger charge is -2.11. The maximum absolute atomic E-state index is 12.6. The quantitative estimate of drug-likeness (QED) is 0.426. The van der Waals surface area contributed by atoms with Gasteiger partial charge in [0.05, 0.1) is 6.54 Å². The zero-order valence-electron chi connectivity index (χ0n) is 16.4. The molecule has 0 saturated heterocycles. The maximum Gasteiger partial charge on any atom is 0.271 e. The van der Waals surface area contributed by atoms with Crippen LogP contribution in [0.15, 0.2) is 88.7 Å². The van der Waals surface area contributed by atoms with Gasteiger partial charge in [0.2, 0.25) is 0 Å². The third-order valence-electron chi connectivity index (χ3n) is 4.61. The molecular formula is C22H20N4O3S2. The number of thiophene rings is 1. The highest BCUT2D eigenvalue weighted by atomic mass is 32.2. The second kappa shape index (κ2) is 9.15. The topological polar surface area (TPSA) is 93.1 Å². The van der Waals surface area contributed by atoms with Crippen molar-refractivity contribution in [3.63, 3.8) is 0 Å². The van der Waals surface area contributed by atoms with Crippen LogP contribution >= 0.6 is 11.3 Å². The van der Waals surface area contributed by atoms with E-state index in [0.29, 0.717) is 24.3 Å². The normalized spacial score (nSPS) is 11.2. The smallest absolute Gasteiger partial charge is 0.271 e. The van der Waals surface area contributed by atoms with E-state index in [1.54, 1.807) is 48.0 Å². The summed E-state index contributed by atoms with van der Waals surface area (Å²) in [4.78, 5) is 12.6. The van der Waals surface area contributed by atoms with E-state index in [-0.39, 0.29) is 10.1 Å². The third kappa shape index (κ3) is 5.19. The number of sulfonamides is 1. The van der Waals surface area contributed by atoms with Gasteiger partial charge in [0.1, 0.15) is 4.21 Å². The number of amides is 1. The fourth-order valence-electron chi connectivity index (χ4n) is 3.04. The summed E-state index contributed by atoms with van der Waals surface area (Å²) in [5.74, 6) is -0.235. The molecule has 2 aromatic heterocycles. The van der Waals surface area contributed by atoms with Gasteiger partial charge in [-0.3, -0.25) is 14.2 Å². The van der Waals surface area contributed by atoms with Gasteiger partial charge < -0.3 is 5.32 Å². The van der Waals surface area contributed by atoms with Crippen LogP contribution in [0.4, 0.5) is 5.69 Å². The second-order valence-corrected chi connectivity index (χ2v) is 9.63. The molecule has 0 spiro atoms. The van der Waals surface area contributed by atoms with Gasteiger partial charge in [-0.25, -0.2) is 8.42 Å². The minimum Gasteiger partial charge on any atom is -0.348 e. The van der Waals surface area contributed by atoms with E-state index in [1.807, 2.05) is 41.2 Å². The Morgan fingerprint density at radius 1 is 0.968 bits per heavy atom. The summed E-state index contributed by atoms with van der Waals surface area (Å²) in [6.07, 6.45) is 3.62. The number of hydrogen-bond donors (Lipinski definition) is 2. The van der Waals surface area contributed by atoms with Gasteiger partial charge in [0, 0.05) is 30.2 Å². The summed E-state index contributed by atoms with van der Waals surface area (Å²) >= 11 is 1.14. The number of aromatic nitrogens is 2. The van der Waals surface area contributed by atoms with Crippen LogP contribution in [-0.4, -0.2) is 24.1 Å². The van der Waals surface area contributed by atoms with Crippen LogP contribution < -0.4 is 10.0 Å². The van der Waals surface area contributed by atoms with Crippen molar-refractivity contribution in [1.82, 2.24) is 15.1 Å². The van der Waals surface area contributed by atoms with E-state index in [1.165, 1.54) is 0 Å². The van der Waals surface area contributed by atoms with Crippen LogP contribution in [0, 0.1) is 0 Å². The molecule has 2 aromatic carbocycles. The zero-order chi connectivity index (χ0) is 21.7. The Kier molecular flexibility index (Phi) is 6.15. The van der Waals surface area contributed by atoms with E-state index < -0.39 is 10.0 Å². The van der Waals surface area contributed by atoms with Gasteiger partial charge in [-0.05, 0) is 52.9 Å². The van der Waals surface area contributed by atoms with Crippen molar-refractivity contribution in [3.05, 3.63) is 101 Å². The molecule has 31 heavy (non-hydrogen) atoms. The zero-order valence-corrected chi connectivity index (χ0v) is 18.1. The molecule has 4 aromatic rings. The average molecular weight is 453 g/mol. The minimum absolute atomic E-state index is 0.235. The number of carbonyl (C=O) groups is 1. The minimum atomic E-state index is -3.61. The highest BCUT2D eigenvalue weighted by molar-refractivity contribution is 7.94. The van der Waals surface area contributed by atoms with E-state index in [0.717, 1.165) is 22.5 Å². The van der Waals surface area contributed by atoms with Crippen molar-refractivity contribution in [2.24, 2.45) is 0 Å². The Bertz CT molecular complexity index is 1250. The molecule has 0 fully saturated rings. The van der Waals surface area contributed by atoms with Crippen LogP contribution in [0.5, 0.6) is 0 Å². The number of nitrogens with zero attached hydrogens (tertiary/aromatic N) is 2. The molecule has 0 saturated carbocycles. The molecular weight excluding hydrogens is 432 g/mol. The van der Waals surface area contributed by atoms with Crippen molar-refractivity contribution >= 4 is 33.0 Å². The van der Waals surface area contributed by atoms with Crippen LogP contribution in [0.2, 0.25) is 0 Å². The Labute approximate surface area is 184 Å². The van der Waals surface area contributed by atoms with E-state index in [9.17, 15) is 13.2 Å². The van der Waals surface area contributed by atoms with Gasteiger partial charge in [-0.15, -0.1) is 11.3 Å². The van der Waals surface area contributed by atoms with Crippen LogP contribution in [-0.2, 0) is 23.1 Å². The van der Waals surface area contributed by atoms with E-state index in [4.69, 9.17) is 0 Å². The van der Waals surface area contributed by atoms with Crippen molar-refractivity contribution in [3.8, 4) is 0 Å². The number of carbonyl (C=O) groups excluding carboxylic acids is 1. The fourth-order valence-corrected chi connectivity index (χ4v) is 5.09. The summed E-state index contributed by atoms with van der Waals surface area (Å²) in [7, 11) is -3.61. The monoisotopic (exact) mass is 452 g/mol. The lowest BCUT2D eigenvalue weighted by Crippen LogP contribution is -2.23. The van der Waals surface area contributed by atoms with Crippen molar-refractivity contribution in [2.45, 2.75) is 17.3 Å². The molecule has 0 aliphatic rings. The molecule has 0 unspecified atom stereocenters. The Balaban J connectivity index is 1.39. The molecule has 2 N–H and O–H groups in total. The number of hydrogen-bond acceptors (Lipinski definition) is 5. The highest BCUT2D eigenvalue weighted by Crippen LogP contribution is 2.20. The molecule has 158 valence electrons. The van der Waals surface area contributed by atoms with E-state index in [2.05, 4.69) is 15.1 Å². The maximum atomic E-state index is 12.6. The van der Waals surface area contributed by atoms with Crippen LogP contribution in [0.1, 0.15) is 21.5 Å². The van der Waals surface area contributed by atoms with Gasteiger partial charge in [0.15, 0.2) is 0 Å². The molecule has 0 bridgehead atoms. The van der Waals surface area contributed by atoms with Crippen molar-refractivity contribution < 1.29 is 13.2 Å². The molecule has 0 atom stereocenters. The van der Waals surface area contributed by atoms with Crippen molar-refractivity contribution in [2.75, 3.05) is 4.72 Å². The molecule has 0 aliphatic carbocycles. The first kappa shape index (κ1) is 20.8. The van der Waals surface area contributed by atoms with Gasteiger partial charge >= 0.3 is 0 Å². The first-order valence-electron chi connectivity index (χ1n) is 9.50. The second-order valence-electron chi connectivity index (χ2n) is 6.77. The number of benzene rings is 2. The number of rotatable bonds is 8. The largest absolute Gasteiger partial charge is 0.348 e. The van der Waals surface area contributed by atoms with Crippen LogP contribution in [0.3, 0.4) is 0 Å². The number of anilines is 1. The predicted molar refractivity (Wildman–Crippen MR) is 121 cm³/mol. The summed E-state index contributed by atoms with van der Waals surface area (Å²) < 4.78 is 29.2. The van der Waals surface area contributed by atoms with Gasteiger partial charge in [0.25, 0.3) is 15.9 Å². The van der Waals surface area contributed by atoms with Gasteiger partial charge in [-0.2, -0.15) is 5.10 Å². The predicted octanol–water partition coefficient (Wildman–Crippen LogP) is 3.72. The summed E-state index contributed by atoms with van der Waals surface area (Å²) in [6.45, 7) is 1.00. The molecule has 0 aliphatic heterocycles. The summed E-state index contributed by atoms with van der Waals surface area (Å²) in [6, 6.07) is 19.3. The Hall–Kier alpha value is -3.43. The lowest BCUT2D eigenvalue weighted by molar-refractivity contribution is 0.0951. The van der Waals surface area contributed by atoms with Gasteiger partial charge in [-0.1, -0.05) is 30.3 Å². The average Bonchev–Trinajstić information content (AvgIpc) is 3.48. The molecule has 9 heteroatoms. The first-order valence-corrected chi connectivity index (χ1v) is 11.9. The lowest BCUT2D eigenvalue weighted by atomic mass is 10.1. The highest BCUT2D eigenvalue weighted by Gasteiger charge is 2.15. The van der Waals surface area contributed by atoms with Crippen LogP contribution in [0.25, 0.3) is 0 Å². The standard InChI is InChI=1S/C22H20N4O3S2/c27-22(23-15-18-5-1-2-6-19(18)16-26-13-4-12-24-26)17-8-10-20(11-9-17)25-31(28,29)21-7-3-14-30-21/h1-14,25H,15-16H2,(H,23,27). The Morgan fingerprint density at radius 3 is 2.42 bits per heavy atom. The number of nitrogens with one attached hydrogen (secondary N) is 2.